The van der Waals surface area contributed by atoms with E-state index in [2.05, 4.69) is 20.9 Å². The smallest absolute Gasteiger partial charge is 0.311 e. The number of carboxylic acid groups (broad SMARTS) is 1. The second-order valence-electron chi connectivity index (χ2n) is 3.88. The minimum atomic E-state index is -0.827. The van der Waals surface area contributed by atoms with E-state index in [1.807, 2.05) is 4.57 Å². The highest BCUT2D eigenvalue weighted by atomic mass is 79.9. The molecule has 82 valence electrons. The third-order valence-electron chi connectivity index (χ3n) is 2.83. The first-order chi connectivity index (χ1) is 7.18. The standard InChI is InChI=1S/C10H13BrN2O2/c11-8-6-12-9(5-10(14)15)13(8)7-3-1-2-4-7/h6-7H,1-5H2,(H,14,15). The Kier molecular flexibility index (Phi) is 3.09. The lowest BCUT2D eigenvalue weighted by atomic mass is 10.2. The lowest BCUT2D eigenvalue weighted by Crippen LogP contribution is -2.13. The predicted molar refractivity (Wildman–Crippen MR) is 58.8 cm³/mol. The maximum atomic E-state index is 10.7. The number of aliphatic carboxylic acids is 1. The van der Waals surface area contributed by atoms with E-state index in [1.165, 1.54) is 12.8 Å². The fraction of sp³-hybridized carbons (Fsp3) is 0.600. The molecule has 0 aromatic carbocycles. The average Bonchev–Trinajstić information content (AvgIpc) is 2.74. The summed E-state index contributed by atoms with van der Waals surface area (Å²) in [5.74, 6) is -0.173. The first-order valence-electron chi connectivity index (χ1n) is 5.12. The van der Waals surface area contributed by atoms with E-state index >= 15 is 0 Å². The Morgan fingerprint density at radius 1 is 1.60 bits per heavy atom. The van der Waals surface area contributed by atoms with Gasteiger partial charge < -0.3 is 9.67 Å². The van der Waals surface area contributed by atoms with Gasteiger partial charge in [0, 0.05) is 6.04 Å². The number of aromatic nitrogens is 2. The van der Waals surface area contributed by atoms with Gasteiger partial charge in [-0.1, -0.05) is 12.8 Å². The van der Waals surface area contributed by atoms with Crippen molar-refractivity contribution in [1.82, 2.24) is 9.55 Å². The Hall–Kier alpha value is -0.840. The van der Waals surface area contributed by atoms with E-state index in [1.54, 1.807) is 6.20 Å². The Morgan fingerprint density at radius 2 is 2.27 bits per heavy atom. The first-order valence-corrected chi connectivity index (χ1v) is 5.91. The molecule has 0 atom stereocenters. The van der Waals surface area contributed by atoms with Crippen LogP contribution in [0.4, 0.5) is 0 Å². The molecule has 1 aliphatic rings. The van der Waals surface area contributed by atoms with Gasteiger partial charge in [0.15, 0.2) is 0 Å². The van der Waals surface area contributed by atoms with E-state index in [0.29, 0.717) is 11.9 Å². The molecule has 0 radical (unpaired) electrons. The molecule has 0 unspecified atom stereocenters. The van der Waals surface area contributed by atoms with E-state index < -0.39 is 5.97 Å². The fourth-order valence-corrected chi connectivity index (χ4v) is 2.79. The highest BCUT2D eigenvalue weighted by Crippen LogP contribution is 2.33. The zero-order chi connectivity index (χ0) is 10.8. The molecule has 0 amide bonds. The van der Waals surface area contributed by atoms with Gasteiger partial charge in [-0.2, -0.15) is 0 Å². The van der Waals surface area contributed by atoms with Crippen molar-refractivity contribution in [3.8, 4) is 0 Å². The SMILES string of the molecule is O=C(O)Cc1ncc(Br)n1C1CCCC1. The van der Waals surface area contributed by atoms with Crippen LogP contribution < -0.4 is 0 Å². The summed E-state index contributed by atoms with van der Waals surface area (Å²) in [4.78, 5) is 14.8. The number of rotatable bonds is 3. The molecule has 1 aliphatic carbocycles. The highest BCUT2D eigenvalue weighted by Gasteiger charge is 2.22. The Labute approximate surface area is 96.4 Å². The largest absolute Gasteiger partial charge is 0.481 e. The van der Waals surface area contributed by atoms with Crippen LogP contribution in [0.3, 0.4) is 0 Å². The van der Waals surface area contributed by atoms with E-state index in [-0.39, 0.29) is 6.42 Å². The molecule has 0 bridgehead atoms. The van der Waals surface area contributed by atoms with E-state index in [9.17, 15) is 4.79 Å². The van der Waals surface area contributed by atoms with Gasteiger partial charge in [0.1, 0.15) is 16.8 Å². The predicted octanol–water partition coefficient (Wildman–Crippen LogP) is 2.39. The van der Waals surface area contributed by atoms with Crippen LogP contribution in [0, 0.1) is 0 Å². The van der Waals surface area contributed by atoms with Crippen molar-refractivity contribution in [2.75, 3.05) is 0 Å². The molecule has 1 aromatic rings. The lowest BCUT2D eigenvalue weighted by molar-refractivity contribution is -0.136. The molecular formula is C10H13BrN2O2. The Balaban J connectivity index is 2.26. The van der Waals surface area contributed by atoms with Crippen LogP contribution in [-0.4, -0.2) is 20.6 Å². The minimum absolute atomic E-state index is 0.00208. The highest BCUT2D eigenvalue weighted by molar-refractivity contribution is 9.10. The zero-order valence-corrected chi connectivity index (χ0v) is 9.90. The van der Waals surface area contributed by atoms with Gasteiger partial charge in [-0.25, -0.2) is 4.98 Å². The molecule has 0 spiro atoms. The van der Waals surface area contributed by atoms with Crippen LogP contribution >= 0.6 is 15.9 Å². The molecule has 2 rings (SSSR count). The lowest BCUT2D eigenvalue weighted by Gasteiger charge is -2.15. The number of hydrogen-bond acceptors (Lipinski definition) is 2. The van der Waals surface area contributed by atoms with Crippen molar-refractivity contribution < 1.29 is 9.90 Å². The van der Waals surface area contributed by atoms with Crippen molar-refractivity contribution in [2.24, 2.45) is 0 Å². The van der Waals surface area contributed by atoms with Crippen LogP contribution in [0.15, 0.2) is 10.8 Å². The number of imidazole rings is 1. The van der Waals surface area contributed by atoms with Crippen molar-refractivity contribution in [3.63, 3.8) is 0 Å². The molecule has 5 heteroatoms. The van der Waals surface area contributed by atoms with Gasteiger partial charge in [0.2, 0.25) is 0 Å². The summed E-state index contributed by atoms with van der Waals surface area (Å²) in [5.41, 5.74) is 0. The monoisotopic (exact) mass is 272 g/mol. The maximum Gasteiger partial charge on any atom is 0.311 e. The van der Waals surface area contributed by atoms with E-state index in [0.717, 1.165) is 17.4 Å². The third-order valence-corrected chi connectivity index (χ3v) is 3.41. The molecular weight excluding hydrogens is 260 g/mol. The number of carbonyl (C=O) groups is 1. The van der Waals surface area contributed by atoms with E-state index in [4.69, 9.17) is 5.11 Å². The van der Waals surface area contributed by atoms with Crippen molar-refractivity contribution in [1.29, 1.82) is 0 Å². The molecule has 1 aromatic heterocycles. The molecule has 4 nitrogen and oxygen atoms in total. The number of carboxylic acids is 1. The van der Waals surface area contributed by atoms with Gasteiger partial charge in [-0.05, 0) is 28.8 Å². The van der Waals surface area contributed by atoms with Crippen molar-refractivity contribution >= 4 is 21.9 Å². The summed E-state index contributed by atoms with van der Waals surface area (Å²) in [6, 6.07) is 0.427. The zero-order valence-electron chi connectivity index (χ0n) is 8.32. The van der Waals surface area contributed by atoms with Gasteiger partial charge in [-0.15, -0.1) is 0 Å². The second kappa shape index (κ2) is 4.35. The van der Waals surface area contributed by atoms with Crippen LogP contribution in [0.2, 0.25) is 0 Å². The molecule has 0 aliphatic heterocycles. The molecule has 15 heavy (non-hydrogen) atoms. The van der Waals surface area contributed by atoms with Gasteiger partial charge in [-0.3, -0.25) is 4.79 Å². The molecule has 1 N–H and O–H groups in total. The minimum Gasteiger partial charge on any atom is -0.481 e. The molecule has 0 saturated heterocycles. The second-order valence-corrected chi connectivity index (χ2v) is 4.69. The summed E-state index contributed by atoms with van der Waals surface area (Å²) >= 11 is 3.42. The summed E-state index contributed by atoms with van der Waals surface area (Å²) in [6.45, 7) is 0. The summed E-state index contributed by atoms with van der Waals surface area (Å²) in [5, 5.41) is 8.77. The van der Waals surface area contributed by atoms with Crippen LogP contribution in [0.1, 0.15) is 37.5 Å². The number of halogens is 1. The topological polar surface area (TPSA) is 55.1 Å². The van der Waals surface area contributed by atoms with Gasteiger partial charge in [0.25, 0.3) is 0 Å². The van der Waals surface area contributed by atoms with Crippen molar-refractivity contribution in [3.05, 3.63) is 16.6 Å². The third kappa shape index (κ3) is 2.22. The summed E-state index contributed by atoms with van der Waals surface area (Å²) < 4.78 is 2.92. The molecule has 1 heterocycles. The Bertz CT molecular complexity index is 369. The summed E-state index contributed by atoms with van der Waals surface area (Å²) in [6.07, 6.45) is 6.39. The fourth-order valence-electron chi connectivity index (χ4n) is 2.19. The van der Waals surface area contributed by atoms with Crippen LogP contribution in [-0.2, 0) is 11.2 Å². The normalized spacial score (nSPS) is 17.1. The van der Waals surface area contributed by atoms with Crippen molar-refractivity contribution in [2.45, 2.75) is 38.1 Å². The summed E-state index contributed by atoms with van der Waals surface area (Å²) in [7, 11) is 0. The molecule has 1 saturated carbocycles. The Morgan fingerprint density at radius 3 is 2.87 bits per heavy atom. The van der Waals surface area contributed by atoms with Gasteiger partial charge in [0.05, 0.1) is 6.20 Å². The molecule has 1 fully saturated rings. The number of hydrogen-bond donors (Lipinski definition) is 1. The van der Waals surface area contributed by atoms with Crippen LogP contribution in [0.5, 0.6) is 0 Å². The van der Waals surface area contributed by atoms with Gasteiger partial charge >= 0.3 is 5.97 Å². The average molecular weight is 273 g/mol. The van der Waals surface area contributed by atoms with Crippen LogP contribution in [0.25, 0.3) is 0 Å². The first kappa shape index (κ1) is 10.7. The number of nitrogens with zero attached hydrogens (tertiary/aromatic N) is 2. The maximum absolute atomic E-state index is 10.7. The quantitative estimate of drug-likeness (QED) is 0.919.